The molecule has 0 spiro atoms. The molecule has 0 atom stereocenters. The summed E-state index contributed by atoms with van der Waals surface area (Å²) in [6, 6.07) is 9.81. The lowest BCUT2D eigenvalue weighted by Crippen LogP contribution is -2.23. The van der Waals surface area contributed by atoms with Gasteiger partial charge in [0.15, 0.2) is 5.84 Å². The van der Waals surface area contributed by atoms with Crippen LogP contribution in [0.2, 0.25) is 0 Å². The van der Waals surface area contributed by atoms with E-state index < -0.39 is 0 Å². The highest BCUT2D eigenvalue weighted by Crippen LogP contribution is 2.29. The molecule has 0 aliphatic carbocycles. The summed E-state index contributed by atoms with van der Waals surface area (Å²) in [4.78, 5) is 7.15. The molecule has 0 aliphatic heterocycles. The molecule has 5 nitrogen and oxygen atoms in total. The van der Waals surface area contributed by atoms with Crippen molar-refractivity contribution in [1.82, 2.24) is 4.98 Å². The first-order valence-electron chi connectivity index (χ1n) is 6.42. The Balaban J connectivity index is 2.38. The van der Waals surface area contributed by atoms with E-state index in [1.54, 1.807) is 18.0 Å². The van der Waals surface area contributed by atoms with Gasteiger partial charge in [-0.3, -0.25) is 4.98 Å². The molecule has 0 saturated carbocycles. The number of amidine groups is 1. The number of nitrogens with zero attached hydrogens (tertiary/aromatic N) is 3. The third-order valence-corrected chi connectivity index (χ3v) is 3.92. The number of hydrogen-bond donors (Lipinski definition) is 2. The molecule has 21 heavy (non-hydrogen) atoms. The fourth-order valence-electron chi connectivity index (χ4n) is 2.17. The highest BCUT2D eigenvalue weighted by atomic mass is 32.2. The normalized spacial score (nSPS) is 11.4. The van der Waals surface area contributed by atoms with E-state index in [-0.39, 0.29) is 5.84 Å². The number of thioether (sulfide) groups is 1. The van der Waals surface area contributed by atoms with Crippen LogP contribution in [-0.2, 0) is 6.54 Å². The van der Waals surface area contributed by atoms with Gasteiger partial charge in [-0.15, -0.1) is 11.8 Å². The third-order valence-electron chi connectivity index (χ3n) is 3.14. The minimum absolute atomic E-state index is 0.119. The summed E-state index contributed by atoms with van der Waals surface area (Å²) in [6.45, 7) is 0.692. The van der Waals surface area contributed by atoms with E-state index >= 15 is 0 Å². The van der Waals surface area contributed by atoms with E-state index in [9.17, 15) is 0 Å². The smallest absolute Gasteiger partial charge is 0.173 e. The number of oxime groups is 1. The van der Waals surface area contributed by atoms with E-state index in [1.165, 1.54) is 0 Å². The van der Waals surface area contributed by atoms with E-state index in [2.05, 4.69) is 15.0 Å². The maximum Gasteiger partial charge on any atom is 0.173 e. The molecule has 2 aromatic rings. The molecule has 6 heteroatoms. The molecule has 1 aromatic heterocycles. The quantitative estimate of drug-likeness (QED) is 0.292. The first kappa shape index (κ1) is 15.2. The van der Waals surface area contributed by atoms with Crippen molar-refractivity contribution in [2.75, 3.05) is 18.2 Å². The second-order valence-corrected chi connectivity index (χ2v) is 5.41. The van der Waals surface area contributed by atoms with Crippen molar-refractivity contribution < 1.29 is 5.21 Å². The van der Waals surface area contributed by atoms with Gasteiger partial charge < -0.3 is 15.8 Å². The molecule has 110 valence electrons. The maximum absolute atomic E-state index is 9.03. The number of anilines is 1. The zero-order valence-corrected chi connectivity index (χ0v) is 12.8. The monoisotopic (exact) mass is 302 g/mol. The molecule has 0 saturated heterocycles. The molecular weight excluding hydrogens is 284 g/mol. The fraction of sp³-hybridized carbons (Fsp3) is 0.200. The highest BCUT2D eigenvalue weighted by Gasteiger charge is 2.15. The number of aromatic nitrogens is 1. The molecule has 2 rings (SSSR count). The molecule has 1 aromatic carbocycles. The van der Waals surface area contributed by atoms with Gasteiger partial charge in [0.2, 0.25) is 0 Å². The van der Waals surface area contributed by atoms with Crippen molar-refractivity contribution in [3.8, 4) is 0 Å². The zero-order chi connectivity index (χ0) is 15.2. The lowest BCUT2D eigenvalue weighted by atomic mass is 10.1. The Hall–Kier alpha value is -2.21. The second-order valence-electron chi connectivity index (χ2n) is 4.56. The standard InChI is InChI=1S/C15H18N4OS/c1-19(10-11-5-4-8-17-9-11)12-6-3-7-13(21-2)14(12)15(16)18-20/h3-9,20H,10H2,1-2H3,(H2,16,18). The van der Waals surface area contributed by atoms with Crippen LogP contribution >= 0.6 is 11.8 Å². The topological polar surface area (TPSA) is 74.7 Å². The van der Waals surface area contributed by atoms with Crippen LogP contribution < -0.4 is 10.6 Å². The van der Waals surface area contributed by atoms with Gasteiger partial charge in [-0.1, -0.05) is 17.3 Å². The van der Waals surface area contributed by atoms with E-state index in [0.717, 1.165) is 21.7 Å². The Kier molecular flexibility index (Phi) is 5.05. The summed E-state index contributed by atoms with van der Waals surface area (Å²) in [5, 5.41) is 12.2. The summed E-state index contributed by atoms with van der Waals surface area (Å²) in [6.07, 6.45) is 5.55. The predicted octanol–water partition coefficient (Wildman–Crippen LogP) is 2.53. The minimum atomic E-state index is 0.119. The number of rotatable bonds is 5. The van der Waals surface area contributed by atoms with Crippen molar-refractivity contribution in [2.45, 2.75) is 11.4 Å². The Morgan fingerprint density at radius 1 is 1.38 bits per heavy atom. The number of nitrogens with two attached hydrogens (primary N) is 1. The van der Waals surface area contributed by atoms with Crippen molar-refractivity contribution in [2.24, 2.45) is 10.9 Å². The summed E-state index contributed by atoms with van der Waals surface area (Å²) >= 11 is 1.57. The zero-order valence-electron chi connectivity index (χ0n) is 12.0. The summed E-state index contributed by atoms with van der Waals surface area (Å²) in [5.41, 5.74) is 8.61. The van der Waals surface area contributed by atoms with E-state index in [1.807, 2.05) is 49.8 Å². The molecule has 3 N–H and O–H groups in total. The van der Waals surface area contributed by atoms with Gasteiger partial charge in [-0.2, -0.15) is 0 Å². The van der Waals surface area contributed by atoms with Gasteiger partial charge >= 0.3 is 0 Å². The van der Waals surface area contributed by atoms with Crippen LogP contribution in [0, 0.1) is 0 Å². The van der Waals surface area contributed by atoms with Crippen LogP contribution in [0.1, 0.15) is 11.1 Å². The van der Waals surface area contributed by atoms with Crippen LogP contribution in [0.5, 0.6) is 0 Å². The maximum atomic E-state index is 9.03. The molecule has 0 amide bonds. The molecule has 0 radical (unpaired) electrons. The van der Waals surface area contributed by atoms with Crippen LogP contribution in [0.25, 0.3) is 0 Å². The first-order chi connectivity index (χ1) is 10.2. The molecular formula is C15H18N4OS. The van der Waals surface area contributed by atoms with Gasteiger partial charge in [-0.25, -0.2) is 0 Å². The average Bonchev–Trinajstić information content (AvgIpc) is 2.54. The van der Waals surface area contributed by atoms with Gasteiger partial charge in [-0.05, 0) is 30.0 Å². The largest absolute Gasteiger partial charge is 0.409 e. The van der Waals surface area contributed by atoms with E-state index in [4.69, 9.17) is 10.9 Å². The van der Waals surface area contributed by atoms with E-state index in [0.29, 0.717) is 6.54 Å². The highest BCUT2D eigenvalue weighted by molar-refractivity contribution is 7.98. The predicted molar refractivity (Wildman–Crippen MR) is 87.1 cm³/mol. The SMILES string of the molecule is CSc1cccc(N(C)Cc2cccnc2)c1/C(N)=N/O. The average molecular weight is 302 g/mol. The van der Waals surface area contributed by atoms with Gasteiger partial charge in [0.1, 0.15) is 0 Å². The second kappa shape index (κ2) is 6.99. The van der Waals surface area contributed by atoms with Crippen LogP contribution in [0.3, 0.4) is 0 Å². The number of hydrogen-bond acceptors (Lipinski definition) is 5. The van der Waals surface area contributed by atoms with Crippen LogP contribution in [-0.4, -0.2) is 29.3 Å². The van der Waals surface area contributed by atoms with Gasteiger partial charge in [0, 0.05) is 36.6 Å². The van der Waals surface area contributed by atoms with Crippen molar-refractivity contribution in [1.29, 1.82) is 0 Å². The number of pyridine rings is 1. The summed E-state index contributed by atoms with van der Waals surface area (Å²) in [7, 11) is 1.97. The Bertz CT molecular complexity index is 631. The van der Waals surface area contributed by atoms with Gasteiger partial charge in [0.05, 0.1) is 5.56 Å². The van der Waals surface area contributed by atoms with Crippen molar-refractivity contribution in [3.05, 3.63) is 53.9 Å². The molecule has 0 aliphatic rings. The summed E-state index contributed by atoms with van der Waals surface area (Å²) in [5.74, 6) is 0.119. The molecule has 0 unspecified atom stereocenters. The van der Waals surface area contributed by atoms with Gasteiger partial charge in [0.25, 0.3) is 0 Å². The minimum Gasteiger partial charge on any atom is -0.409 e. The molecule has 1 heterocycles. The Morgan fingerprint density at radius 3 is 2.81 bits per heavy atom. The molecule has 0 bridgehead atoms. The third kappa shape index (κ3) is 3.46. The van der Waals surface area contributed by atoms with Crippen LogP contribution in [0.15, 0.2) is 52.8 Å². The lowest BCUT2D eigenvalue weighted by Gasteiger charge is -2.23. The lowest BCUT2D eigenvalue weighted by molar-refractivity contribution is 0.318. The van der Waals surface area contributed by atoms with Crippen molar-refractivity contribution >= 4 is 23.3 Å². The Morgan fingerprint density at radius 2 is 2.19 bits per heavy atom. The first-order valence-corrected chi connectivity index (χ1v) is 7.64. The van der Waals surface area contributed by atoms with Crippen molar-refractivity contribution in [3.63, 3.8) is 0 Å². The Labute approximate surface area is 128 Å². The number of benzene rings is 1. The summed E-state index contributed by atoms with van der Waals surface area (Å²) < 4.78 is 0. The van der Waals surface area contributed by atoms with Crippen LogP contribution in [0.4, 0.5) is 5.69 Å². The molecule has 0 fully saturated rings. The fourth-order valence-corrected chi connectivity index (χ4v) is 2.79.